The molecule has 1 fully saturated rings. The Morgan fingerprint density at radius 3 is 2.86 bits per heavy atom. The number of nitrogens with zero attached hydrogens (tertiary/aromatic N) is 4. The number of carbonyl (C=O) groups is 1. The van der Waals surface area contributed by atoms with Crippen LogP contribution in [0.25, 0.3) is 10.7 Å². The molecular weight excluding hydrogens is 417 g/mol. The minimum atomic E-state index is -0.950. The average Bonchev–Trinajstić information content (AvgIpc) is 3.21. The van der Waals surface area contributed by atoms with Crippen LogP contribution in [-0.2, 0) is 4.79 Å². The van der Waals surface area contributed by atoms with Crippen molar-refractivity contribution < 1.29 is 14.1 Å². The van der Waals surface area contributed by atoms with Crippen molar-refractivity contribution in [2.24, 2.45) is 0 Å². The fourth-order valence-corrected chi connectivity index (χ4v) is 4.40. The first kappa shape index (κ1) is 19.5. The predicted molar refractivity (Wildman–Crippen MR) is 109 cm³/mol. The molecule has 1 amide bonds. The lowest BCUT2D eigenvalue weighted by Gasteiger charge is -2.13. The Morgan fingerprint density at radius 1 is 1.41 bits per heavy atom. The van der Waals surface area contributed by atoms with Gasteiger partial charge in [0.05, 0.1) is 15.1 Å². The first-order valence-corrected chi connectivity index (χ1v) is 10.6. The van der Waals surface area contributed by atoms with E-state index in [0.717, 1.165) is 35.7 Å². The molecule has 0 radical (unpaired) electrons. The number of thioether (sulfide) groups is 1. The molecule has 150 valence electrons. The van der Waals surface area contributed by atoms with Gasteiger partial charge < -0.3 is 5.32 Å². The number of hydrogen-bond donors (Lipinski definition) is 1. The van der Waals surface area contributed by atoms with Gasteiger partial charge in [-0.15, -0.1) is 21.5 Å². The van der Waals surface area contributed by atoms with Crippen LogP contribution in [0.3, 0.4) is 0 Å². The van der Waals surface area contributed by atoms with E-state index in [1.54, 1.807) is 18.3 Å². The van der Waals surface area contributed by atoms with Crippen LogP contribution in [0.1, 0.15) is 25.8 Å². The highest BCUT2D eigenvalue weighted by Gasteiger charge is 2.32. The highest BCUT2D eigenvalue weighted by molar-refractivity contribution is 8.00. The average molecular weight is 433 g/mol. The molecule has 0 spiro atoms. The van der Waals surface area contributed by atoms with Gasteiger partial charge in [0, 0.05) is 17.8 Å². The van der Waals surface area contributed by atoms with Crippen molar-refractivity contribution in [2.75, 3.05) is 5.32 Å². The van der Waals surface area contributed by atoms with Crippen molar-refractivity contribution in [2.45, 2.75) is 36.2 Å². The van der Waals surface area contributed by atoms with E-state index in [4.69, 9.17) is 0 Å². The molecule has 0 saturated heterocycles. The summed E-state index contributed by atoms with van der Waals surface area (Å²) < 4.78 is 15.5. The van der Waals surface area contributed by atoms with E-state index in [1.165, 1.54) is 17.8 Å². The Bertz CT molecular complexity index is 1070. The third-order valence-corrected chi connectivity index (χ3v) is 6.30. The van der Waals surface area contributed by atoms with Crippen LogP contribution >= 0.6 is 23.1 Å². The van der Waals surface area contributed by atoms with Crippen LogP contribution in [0.15, 0.2) is 40.9 Å². The van der Waals surface area contributed by atoms with E-state index in [0.29, 0.717) is 11.2 Å². The standard InChI is InChI=1S/C18H16FN5O3S2/c1-10(17(25)20-11-4-7-13(19)14(9-11)24(26)27)29-18-22-21-16(15-3-2-8-28-15)23(18)12-5-6-12/h2-4,7-10,12H,5-6H2,1H3,(H,20,25)/t10-/m1/s1. The van der Waals surface area contributed by atoms with E-state index in [1.807, 2.05) is 17.5 Å². The Balaban J connectivity index is 1.50. The summed E-state index contributed by atoms with van der Waals surface area (Å²) in [4.78, 5) is 23.6. The number of anilines is 1. The van der Waals surface area contributed by atoms with E-state index in [9.17, 15) is 19.3 Å². The van der Waals surface area contributed by atoms with E-state index in [-0.39, 0.29) is 11.6 Å². The van der Waals surface area contributed by atoms with E-state index in [2.05, 4.69) is 20.1 Å². The summed E-state index contributed by atoms with van der Waals surface area (Å²) in [6.07, 6.45) is 2.09. The SMILES string of the molecule is C[C@@H](Sc1nnc(-c2cccs2)n1C1CC1)C(=O)Nc1ccc(F)c([N+](=O)[O-])c1. The number of nitro groups is 1. The van der Waals surface area contributed by atoms with Gasteiger partial charge in [0.25, 0.3) is 0 Å². The molecule has 0 bridgehead atoms. The van der Waals surface area contributed by atoms with Gasteiger partial charge in [-0.1, -0.05) is 17.8 Å². The van der Waals surface area contributed by atoms with Crippen LogP contribution in [0.4, 0.5) is 15.8 Å². The van der Waals surface area contributed by atoms with Gasteiger partial charge >= 0.3 is 5.69 Å². The summed E-state index contributed by atoms with van der Waals surface area (Å²) in [6.45, 7) is 1.72. The van der Waals surface area contributed by atoms with Crippen molar-refractivity contribution >= 4 is 40.4 Å². The van der Waals surface area contributed by atoms with Crippen LogP contribution < -0.4 is 5.32 Å². The van der Waals surface area contributed by atoms with Gasteiger partial charge in [0.15, 0.2) is 11.0 Å². The molecule has 1 saturated carbocycles. The second kappa shape index (κ2) is 7.91. The number of hydrogen-bond acceptors (Lipinski definition) is 7. The second-order valence-corrected chi connectivity index (χ2v) is 8.81. The lowest BCUT2D eigenvalue weighted by molar-refractivity contribution is -0.387. The summed E-state index contributed by atoms with van der Waals surface area (Å²) in [6, 6.07) is 7.53. The zero-order chi connectivity index (χ0) is 20.5. The van der Waals surface area contributed by atoms with Crippen molar-refractivity contribution in [3.05, 3.63) is 51.6 Å². The van der Waals surface area contributed by atoms with E-state index >= 15 is 0 Å². The third-order valence-electron chi connectivity index (χ3n) is 4.38. The first-order valence-electron chi connectivity index (χ1n) is 8.84. The molecule has 2 heterocycles. The van der Waals surface area contributed by atoms with Crippen molar-refractivity contribution in [1.82, 2.24) is 14.8 Å². The van der Waals surface area contributed by atoms with Gasteiger partial charge in [-0.2, -0.15) is 4.39 Å². The number of aromatic nitrogens is 3. The molecule has 29 heavy (non-hydrogen) atoms. The fraction of sp³-hybridized carbons (Fsp3) is 0.278. The molecule has 1 aromatic carbocycles. The number of nitro benzene ring substituents is 1. The highest BCUT2D eigenvalue weighted by Crippen LogP contribution is 2.42. The normalized spacial score (nSPS) is 14.6. The largest absolute Gasteiger partial charge is 0.325 e. The zero-order valence-electron chi connectivity index (χ0n) is 15.2. The number of nitrogens with one attached hydrogen (secondary N) is 1. The second-order valence-electron chi connectivity index (χ2n) is 6.56. The van der Waals surface area contributed by atoms with Crippen LogP contribution in [-0.4, -0.2) is 30.8 Å². The lowest BCUT2D eigenvalue weighted by Crippen LogP contribution is -2.23. The van der Waals surface area contributed by atoms with Gasteiger partial charge in [0.2, 0.25) is 11.7 Å². The summed E-state index contributed by atoms with van der Waals surface area (Å²) in [5.74, 6) is -0.514. The molecule has 11 heteroatoms. The van der Waals surface area contributed by atoms with Crippen LogP contribution in [0, 0.1) is 15.9 Å². The smallest absolute Gasteiger partial charge is 0.306 e. The summed E-state index contributed by atoms with van der Waals surface area (Å²) >= 11 is 2.85. The Labute approximate surface area is 173 Å². The summed E-state index contributed by atoms with van der Waals surface area (Å²) in [5, 5.41) is 24.2. The van der Waals surface area contributed by atoms with Gasteiger partial charge in [-0.05, 0) is 43.3 Å². The maximum atomic E-state index is 13.5. The molecule has 1 aliphatic carbocycles. The summed E-state index contributed by atoms with van der Waals surface area (Å²) in [7, 11) is 0. The van der Waals surface area contributed by atoms with Gasteiger partial charge in [-0.25, -0.2) is 0 Å². The van der Waals surface area contributed by atoms with E-state index < -0.39 is 21.7 Å². The Kier molecular flexibility index (Phi) is 5.33. The van der Waals surface area contributed by atoms with Crippen LogP contribution in [0.5, 0.6) is 0 Å². The third kappa shape index (κ3) is 4.15. The molecule has 1 N–H and O–H groups in total. The molecule has 2 aromatic heterocycles. The van der Waals surface area contributed by atoms with Crippen molar-refractivity contribution in [3.63, 3.8) is 0 Å². The minimum Gasteiger partial charge on any atom is -0.325 e. The zero-order valence-corrected chi connectivity index (χ0v) is 16.9. The monoisotopic (exact) mass is 433 g/mol. The van der Waals surface area contributed by atoms with Crippen molar-refractivity contribution in [3.8, 4) is 10.7 Å². The van der Waals surface area contributed by atoms with Crippen LogP contribution in [0.2, 0.25) is 0 Å². The number of amides is 1. The van der Waals surface area contributed by atoms with Gasteiger partial charge in [-0.3, -0.25) is 19.5 Å². The maximum absolute atomic E-state index is 13.5. The molecule has 0 aliphatic heterocycles. The number of halogens is 1. The quantitative estimate of drug-likeness (QED) is 0.334. The number of thiophene rings is 1. The molecule has 1 aliphatic rings. The molecular formula is C18H16FN5O3S2. The van der Waals surface area contributed by atoms with Gasteiger partial charge in [0.1, 0.15) is 0 Å². The summed E-state index contributed by atoms with van der Waals surface area (Å²) in [5.41, 5.74) is -0.518. The fourth-order valence-electron chi connectivity index (χ4n) is 2.78. The topological polar surface area (TPSA) is 103 Å². The molecule has 1 atom stereocenters. The molecule has 8 nitrogen and oxygen atoms in total. The lowest BCUT2D eigenvalue weighted by atomic mass is 10.2. The van der Waals surface area contributed by atoms with Crippen molar-refractivity contribution in [1.29, 1.82) is 0 Å². The first-order chi connectivity index (χ1) is 13.9. The Hall–Kier alpha value is -2.79. The molecule has 3 aromatic rings. The molecule has 4 rings (SSSR count). The maximum Gasteiger partial charge on any atom is 0.306 e. The Morgan fingerprint density at radius 2 is 2.21 bits per heavy atom. The molecule has 0 unspecified atom stereocenters. The number of carbonyl (C=O) groups excluding carboxylic acids is 1. The predicted octanol–water partition coefficient (Wildman–Crippen LogP) is 4.51. The number of rotatable bonds is 7. The highest BCUT2D eigenvalue weighted by atomic mass is 32.2. The minimum absolute atomic E-state index is 0.165. The number of benzene rings is 1.